The number of hydrogen-bond donors (Lipinski definition) is 2. The lowest BCUT2D eigenvalue weighted by atomic mass is 9.87. The number of nitrogens with one attached hydrogen (secondary N) is 1. The smallest absolute Gasteiger partial charge is 0.349 e. The maximum atomic E-state index is 12.2. The number of anilines is 1. The highest BCUT2D eigenvalue weighted by molar-refractivity contribution is 5.95. The lowest BCUT2D eigenvalue weighted by molar-refractivity contribution is -0.138. The fraction of sp³-hybridized carbons (Fsp3) is 0.389. The number of fused-ring (bicyclic) bond motifs is 1. The predicted molar refractivity (Wildman–Crippen MR) is 87.3 cm³/mol. The van der Waals surface area contributed by atoms with Gasteiger partial charge in [-0.15, -0.1) is 0 Å². The van der Waals surface area contributed by atoms with Crippen LogP contribution in [0.5, 0.6) is 5.75 Å². The second-order valence-corrected chi connectivity index (χ2v) is 7.03. The van der Waals surface area contributed by atoms with E-state index >= 15 is 0 Å². The first-order valence-electron chi connectivity index (χ1n) is 7.56. The van der Waals surface area contributed by atoms with E-state index in [0.717, 1.165) is 11.3 Å². The van der Waals surface area contributed by atoms with Crippen LogP contribution in [0.25, 0.3) is 0 Å². The second-order valence-electron chi connectivity index (χ2n) is 7.03. The molecule has 0 radical (unpaired) electrons. The number of cyclic esters (lactones) is 1. The van der Waals surface area contributed by atoms with Crippen molar-refractivity contribution in [3.63, 3.8) is 0 Å². The summed E-state index contributed by atoms with van der Waals surface area (Å²) in [5.41, 5.74) is 0.771. The van der Waals surface area contributed by atoms with Crippen molar-refractivity contribution in [3.8, 4) is 5.75 Å². The molecular weight excluding hydrogens is 294 g/mol. The number of allylic oxidation sites excluding steroid dienone is 2. The van der Waals surface area contributed by atoms with Gasteiger partial charge in [-0.05, 0) is 37.0 Å². The molecule has 0 amide bonds. The molecule has 1 aromatic carbocycles. The molecule has 2 N–H and O–H groups in total. The number of carbonyl (C=O) groups excluding carboxylic acids is 1. The molecule has 2 heterocycles. The van der Waals surface area contributed by atoms with Crippen LogP contribution < -0.4 is 10.1 Å². The van der Waals surface area contributed by atoms with Crippen molar-refractivity contribution >= 4 is 11.7 Å². The Balaban J connectivity index is 2.10. The van der Waals surface area contributed by atoms with Crippen molar-refractivity contribution in [3.05, 3.63) is 46.9 Å². The van der Waals surface area contributed by atoms with E-state index in [1.54, 1.807) is 13.0 Å². The van der Waals surface area contributed by atoms with Crippen molar-refractivity contribution in [2.24, 2.45) is 0 Å². The van der Waals surface area contributed by atoms with E-state index in [-0.39, 0.29) is 16.7 Å². The Morgan fingerprint density at radius 1 is 1.30 bits per heavy atom. The van der Waals surface area contributed by atoms with Crippen molar-refractivity contribution in [2.45, 2.75) is 45.8 Å². The molecule has 1 spiro atoms. The van der Waals surface area contributed by atoms with Crippen LogP contribution in [0.15, 0.2) is 41.4 Å². The summed E-state index contributed by atoms with van der Waals surface area (Å²) in [6.45, 7) is 9.52. The van der Waals surface area contributed by atoms with E-state index in [4.69, 9.17) is 9.47 Å². The minimum absolute atomic E-state index is 0.00468. The molecule has 1 unspecified atom stereocenters. The maximum absolute atomic E-state index is 12.2. The molecule has 0 bridgehead atoms. The van der Waals surface area contributed by atoms with Crippen LogP contribution in [-0.2, 0) is 14.9 Å². The Morgan fingerprint density at radius 3 is 2.61 bits per heavy atom. The number of benzene rings is 1. The van der Waals surface area contributed by atoms with E-state index in [9.17, 15) is 9.90 Å². The van der Waals surface area contributed by atoms with Crippen molar-refractivity contribution in [1.82, 2.24) is 0 Å². The summed E-state index contributed by atoms with van der Waals surface area (Å²) in [6, 6.07) is 5.90. The van der Waals surface area contributed by atoms with Gasteiger partial charge in [0.05, 0.1) is 5.69 Å². The highest BCUT2D eigenvalue weighted by Gasteiger charge is 2.49. The van der Waals surface area contributed by atoms with Crippen molar-refractivity contribution < 1.29 is 19.4 Å². The Hall–Kier alpha value is -2.43. The van der Waals surface area contributed by atoms with Crippen LogP contribution in [-0.4, -0.2) is 16.8 Å². The topological polar surface area (TPSA) is 67.8 Å². The number of aliphatic hydroxyl groups is 1. The number of aliphatic hydroxyl groups excluding tert-OH is 1. The standard InChI is InChI=1S/C18H21NO4/c1-10-9-18(15(11(2)20)16(21)22-10)19-13-8-12(17(3,4)5)6-7-14(13)23-18/h6-9,19-20H,1-5H3/b15-11+. The molecule has 23 heavy (non-hydrogen) atoms. The van der Waals surface area contributed by atoms with E-state index < -0.39 is 11.7 Å². The van der Waals surface area contributed by atoms with Gasteiger partial charge < -0.3 is 19.9 Å². The second kappa shape index (κ2) is 4.78. The van der Waals surface area contributed by atoms with Gasteiger partial charge in [0.15, 0.2) is 0 Å². The number of rotatable bonds is 0. The first-order valence-corrected chi connectivity index (χ1v) is 7.56. The third kappa shape index (κ3) is 2.46. The summed E-state index contributed by atoms with van der Waals surface area (Å²) in [7, 11) is 0. The largest absolute Gasteiger partial charge is 0.512 e. The minimum Gasteiger partial charge on any atom is -0.512 e. The highest BCUT2D eigenvalue weighted by Crippen LogP contribution is 2.45. The summed E-state index contributed by atoms with van der Waals surface area (Å²) in [5.74, 6) is 0.323. The van der Waals surface area contributed by atoms with Gasteiger partial charge in [-0.2, -0.15) is 0 Å². The molecule has 3 rings (SSSR count). The van der Waals surface area contributed by atoms with E-state index in [0.29, 0.717) is 11.5 Å². The van der Waals surface area contributed by atoms with E-state index in [1.807, 2.05) is 18.2 Å². The third-order valence-corrected chi connectivity index (χ3v) is 4.03. The average Bonchev–Trinajstić information content (AvgIpc) is 2.72. The SMILES string of the molecule is CC1=CC2(Nc3cc(C(C)(C)C)ccc3O2)/C(=C(\C)O)C(=O)O1. The molecule has 0 saturated heterocycles. The molecule has 0 fully saturated rings. The molecule has 2 aliphatic rings. The molecular formula is C18H21NO4. The van der Waals surface area contributed by atoms with Crippen LogP contribution in [0.4, 0.5) is 5.69 Å². The molecule has 1 atom stereocenters. The lowest BCUT2D eigenvalue weighted by Crippen LogP contribution is -2.47. The minimum atomic E-state index is -1.23. The first-order chi connectivity index (χ1) is 10.6. The maximum Gasteiger partial charge on any atom is 0.349 e. The van der Waals surface area contributed by atoms with Gasteiger partial charge in [-0.1, -0.05) is 26.8 Å². The first kappa shape index (κ1) is 15.5. The highest BCUT2D eigenvalue weighted by atomic mass is 16.6. The Bertz CT molecular complexity index is 751. The lowest BCUT2D eigenvalue weighted by Gasteiger charge is -2.31. The van der Waals surface area contributed by atoms with Gasteiger partial charge in [0.2, 0.25) is 5.72 Å². The Labute approximate surface area is 135 Å². The quantitative estimate of drug-likeness (QED) is 0.433. The van der Waals surface area contributed by atoms with E-state index in [2.05, 4.69) is 26.1 Å². The Kier molecular flexibility index (Phi) is 3.21. The van der Waals surface area contributed by atoms with Gasteiger partial charge in [0, 0.05) is 6.08 Å². The Morgan fingerprint density at radius 2 is 2.00 bits per heavy atom. The van der Waals surface area contributed by atoms with Crippen LogP contribution in [0.3, 0.4) is 0 Å². The molecule has 0 saturated carbocycles. The van der Waals surface area contributed by atoms with Crippen LogP contribution in [0, 0.1) is 0 Å². The van der Waals surface area contributed by atoms with Crippen LogP contribution in [0.2, 0.25) is 0 Å². The number of esters is 1. The zero-order valence-corrected chi connectivity index (χ0v) is 14.0. The van der Waals surface area contributed by atoms with Crippen molar-refractivity contribution in [1.29, 1.82) is 0 Å². The predicted octanol–water partition coefficient (Wildman–Crippen LogP) is 3.78. The van der Waals surface area contributed by atoms with Crippen LogP contribution in [0.1, 0.15) is 40.2 Å². The van der Waals surface area contributed by atoms with Gasteiger partial charge in [-0.3, -0.25) is 0 Å². The summed E-state index contributed by atoms with van der Waals surface area (Å²) >= 11 is 0. The fourth-order valence-electron chi connectivity index (χ4n) is 2.91. The zero-order chi connectivity index (χ0) is 17.0. The molecule has 122 valence electrons. The molecule has 0 aromatic heterocycles. The van der Waals surface area contributed by atoms with Gasteiger partial charge in [0.25, 0.3) is 0 Å². The molecule has 5 heteroatoms. The van der Waals surface area contributed by atoms with Crippen molar-refractivity contribution in [2.75, 3.05) is 5.32 Å². The molecule has 2 aliphatic heterocycles. The summed E-state index contributed by atoms with van der Waals surface area (Å²) in [4.78, 5) is 12.2. The average molecular weight is 315 g/mol. The number of hydrogen-bond acceptors (Lipinski definition) is 5. The number of carbonyl (C=O) groups is 1. The molecule has 1 aromatic rings. The van der Waals surface area contributed by atoms with Gasteiger partial charge in [-0.25, -0.2) is 4.79 Å². The summed E-state index contributed by atoms with van der Waals surface area (Å²) in [6.07, 6.45) is 1.67. The summed E-state index contributed by atoms with van der Waals surface area (Å²) < 4.78 is 11.1. The fourth-order valence-corrected chi connectivity index (χ4v) is 2.91. The van der Waals surface area contributed by atoms with E-state index in [1.165, 1.54) is 6.92 Å². The van der Waals surface area contributed by atoms with Gasteiger partial charge >= 0.3 is 5.97 Å². The molecule has 5 nitrogen and oxygen atoms in total. The zero-order valence-electron chi connectivity index (χ0n) is 14.0. The number of ether oxygens (including phenoxy) is 2. The van der Waals surface area contributed by atoms with Crippen LogP contribution >= 0.6 is 0 Å². The van der Waals surface area contributed by atoms with Gasteiger partial charge in [0.1, 0.15) is 22.8 Å². The molecule has 0 aliphatic carbocycles. The summed E-state index contributed by atoms with van der Waals surface area (Å²) in [5, 5.41) is 13.2. The third-order valence-electron chi connectivity index (χ3n) is 4.03. The normalized spacial score (nSPS) is 25.3. The monoisotopic (exact) mass is 315 g/mol.